The van der Waals surface area contributed by atoms with Gasteiger partial charge < -0.3 is 15.7 Å². The molecule has 1 aliphatic heterocycles. The summed E-state index contributed by atoms with van der Waals surface area (Å²) >= 11 is 0. The van der Waals surface area contributed by atoms with Crippen molar-refractivity contribution < 1.29 is 9.90 Å². The molecule has 1 saturated heterocycles. The van der Waals surface area contributed by atoms with Crippen LogP contribution >= 0.6 is 0 Å². The minimum atomic E-state index is -0.995. The molecule has 2 rings (SSSR count). The van der Waals surface area contributed by atoms with Gasteiger partial charge in [0.05, 0.1) is 12.2 Å². The second kappa shape index (κ2) is 6.23. The monoisotopic (exact) mass is 281 g/mol. The van der Waals surface area contributed by atoms with Crippen molar-refractivity contribution in [2.24, 2.45) is 0 Å². The topological polar surface area (TPSA) is 87.6 Å². The summed E-state index contributed by atoms with van der Waals surface area (Å²) in [6.45, 7) is 7.56. The molecule has 0 aromatic carbocycles. The van der Waals surface area contributed by atoms with Crippen molar-refractivity contribution in [1.82, 2.24) is 19.6 Å². The van der Waals surface area contributed by atoms with Crippen LogP contribution in [0.2, 0.25) is 0 Å². The molecule has 0 aliphatic carbocycles. The average molecular weight is 281 g/mol. The van der Waals surface area contributed by atoms with Crippen LogP contribution in [0.5, 0.6) is 0 Å². The Morgan fingerprint density at radius 2 is 1.95 bits per heavy atom. The Balaban J connectivity index is 2.01. The van der Waals surface area contributed by atoms with Crippen molar-refractivity contribution in [3.8, 4) is 0 Å². The number of nitrogens with zero attached hydrogens (tertiary/aromatic N) is 4. The zero-order valence-electron chi connectivity index (χ0n) is 12.2. The number of nitrogens with two attached hydrogens (primary N) is 1. The fourth-order valence-electron chi connectivity index (χ4n) is 2.49. The van der Waals surface area contributed by atoms with Gasteiger partial charge in [0.15, 0.2) is 0 Å². The zero-order valence-corrected chi connectivity index (χ0v) is 12.2. The van der Waals surface area contributed by atoms with Gasteiger partial charge in [-0.3, -0.25) is 4.90 Å². The standard InChI is InChI=1S/C13H23N5O2/c1-3-10-11(13(19)20)12(14)18(15-10)9-8-17-6-4-16(2)5-7-17/h3-9,14H2,1-2H3,(H,19,20). The number of carboxylic acids is 1. The van der Waals surface area contributed by atoms with Crippen LogP contribution in [0.15, 0.2) is 0 Å². The van der Waals surface area contributed by atoms with Crippen molar-refractivity contribution in [3.05, 3.63) is 11.3 Å². The van der Waals surface area contributed by atoms with E-state index in [2.05, 4.69) is 21.9 Å². The molecular weight excluding hydrogens is 258 g/mol. The fraction of sp³-hybridized carbons (Fsp3) is 0.692. The zero-order chi connectivity index (χ0) is 14.7. The van der Waals surface area contributed by atoms with Crippen molar-refractivity contribution in [2.45, 2.75) is 19.9 Å². The number of likely N-dealkylation sites (N-methyl/N-ethyl adjacent to an activating group) is 1. The summed E-state index contributed by atoms with van der Waals surface area (Å²) in [5, 5.41) is 13.5. The number of hydrogen-bond acceptors (Lipinski definition) is 5. The molecule has 1 aromatic heterocycles. The van der Waals surface area contributed by atoms with Gasteiger partial charge in [0.1, 0.15) is 11.4 Å². The first-order valence-electron chi connectivity index (χ1n) is 7.02. The number of carbonyl (C=O) groups is 1. The number of carboxylic acid groups (broad SMARTS) is 1. The minimum absolute atomic E-state index is 0.158. The van der Waals surface area contributed by atoms with Crippen molar-refractivity contribution in [2.75, 3.05) is 45.5 Å². The second-order valence-electron chi connectivity index (χ2n) is 5.23. The largest absolute Gasteiger partial charge is 0.477 e. The Morgan fingerprint density at radius 3 is 2.45 bits per heavy atom. The van der Waals surface area contributed by atoms with Gasteiger partial charge in [0.25, 0.3) is 0 Å². The molecule has 0 spiro atoms. The molecule has 0 atom stereocenters. The Bertz CT molecular complexity index is 477. The van der Waals surface area contributed by atoms with Gasteiger partial charge in [-0.25, -0.2) is 9.48 Å². The molecule has 0 amide bonds. The van der Waals surface area contributed by atoms with Crippen LogP contribution in [-0.2, 0) is 13.0 Å². The quantitative estimate of drug-likeness (QED) is 0.788. The highest BCUT2D eigenvalue weighted by molar-refractivity contribution is 5.94. The van der Waals surface area contributed by atoms with Gasteiger partial charge in [-0.05, 0) is 13.5 Å². The number of nitrogen functional groups attached to an aromatic ring is 1. The number of aromatic nitrogens is 2. The van der Waals surface area contributed by atoms with Crippen LogP contribution < -0.4 is 5.73 Å². The molecule has 1 aromatic rings. The van der Waals surface area contributed by atoms with Gasteiger partial charge in [-0.15, -0.1) is 0 Å². The van der Waals surface area contributed by atoms with E-state index >= 15 is 0 Å². The van der Waals surface area contributed by atoms with E-state index in [0.717, 1.165) is 32.7 Å². The maximum Gasteiger partial charge on any atom is 0.341 e. The van der Waals surface area contributed by atoms with E-state index in [1.54, 1.807) is 4.68 Å². The Morgan fingerprint density at radius 1 is 1.30 bits per heavy atom. The molecule has 7 nitrogen and oxygen atoms in total. The van der Waals surface area contributed by atoms with Gasteiger partial charge in [0.2, 0.25) is 0 Å². The normalized spacial score (nSPS) is 17.5. The molecule has 0 bridgehead atoms. The van der Waals surface area contributed by atoms with Gasteiger partial charge >= 0.3 is 5.97 Å². The highest BCUT2D eigenvalue weighted by Gasteiger charge is 2.21. The minimum Gasteiger partial charge on any atom is -0.477 e. The van der Waals surface area contributed by atoms with Crippen LogP contribution in [0, 0.1) is 0 Å². The van der Waals surface area contributed by atoms with Crippen molar-refractivity contribution in [3.63, 3.8) is 0 Å². The van der Waals surface area contributed by atoms with Gasteiger partial charge in [-0.1, -0.05) is 6.92 Å². The van der Waals surface area contributed by atoms with E-state index in [1.807, 2.05) is 6.92 Å². The van der Waals surface area contributed by atoms with Crippen LogP contribution in [0.3, 0.4) is 0 Å². The van der Waals surface area contributed by atoms with Crippen LogP contribution in [0.25, 0.3) is 0 Å². The molecule has 112 valence electrons. The summed E-state index contributed by atoms with van der Waals surface area (Å²) in [6, 6.07) is 0. The summed E-state index contributed by atoms with van der Waals surface area (Å²) in [6.07, 6.45) is 0.577. The van der Waals surface area contributed by atoms with E-state index in [-0.39, 0.29) is 11.4 Å². The molecule has 1 fully saturated rings. The van der Waals surface area contributed by atoms with E-state index in [4.69, 9.17) is 5.73 Å². The van der Waals surface area contributed by atoms with E-state index < -0.39 is 5.97 Å². The lowest BCUT2D eigenvalue weighted by Crippen LogP contribution is -2.45. The van der Waals surface area contributed by atoms with Gasteiger partial charge in [-0.2, -0.15) is 5.10 Å². The van der Waals surface area contributed by atoms with Crippen LogP contribution in [-0.4, -0.2) is 70.4 Å². The number of aromatic carboxylic acids is 1. The fourth-order valence-corrected chi connectivity index (χ4v) is 2.49. The van der Waals surface area contributed by atoms with Gasteiger partial charge in [0, 0.05) is 32.7 Å². The third kappa shape index (κ3) is 3.10. The lowest BCUT2D eigenvalue weighted by Gasteiger charge is -2.32. The number of aryl methyl sites for hydroxylation is 1. The SMILES string of the molecule is CCc1nn(CCN2CCN(C)CC2)c(N)c1C(=O)O. The molecular formula is C13H23N5O2. The molecule has 20 heavy (non-hydrogen) atoms. The third-order valence-electron chi connectivity index (χ3n) is 3.84. The number of hydrogen-bond donors (Lipinski definition) is 2. The smallest absolute Gasteiger partial charge is 0.341 e. The summed E-state index contributed by atoms with van der Waals surface area (Å²) in [7, 11) is 2.12. The summed E-state index contributed by atoms with van der Waals surface area (Å²) in [5.74, 6) is -0.728. The van der Waals surface area contributed by atoms with E-state index in [0.29, 0.717) is 18.7 Å². The molecule has 3 N–H and O–H groups in total. The third-order valence-corrected chi connectivity index (χ3v) is 3.84. The Labute approximate surface area is 118 Å². The number of piperazine rings is 1. The summed E-state index contributed by atoms with van der Waals surface area (Å²) < 4.78 is 1.63. The summed E-state index contributed by atoms with van der Waals surface area (Å²) in [5.41, 5.74) is 6.63. The first-order valence-corrected chi connectivity index (χ1v) is 7.02. The maximum absolute atomic E-state index is 11.2. The molecule has 2 heterocycles. The molecule has 0 unspecified atom stereocenters. The number of rotatable bonds is 5. The first-order chi connectivity index (χ1) is 9.52. The molecule has 0 radical (unpaired) electrons. The van der Waals surface area contributed by atoms with E-state index in [9.17, 15) is 9.90 Å². The average Bonchev–Trinajstić information content (AvgIpc) is 2.74. The van der Waals surface area contributed by atoms with E-state index in [1.165, 1.54) is 0 Å². The Hall–Kier alpha value is -1.60. The highest BCUT2D eigenvalue weighted by Crippen LogP contribution is 2.17. The predicted molar refractivity (Wildman–Crippen MR) is 76.9 cm³/mol. The van der Waals surface area contributed by atoms with Crippen LogP contribution in [0.1, 0.15) is 23.0 Å². The van der Waals surface area contributed by atoms with Crippen LogP contribution in [0.4, 0.5) is 5.82 Å². The predicted octanol–water partition coefficient (Wildman–Crippen LogP) is -0.0267. The maximum atomic E-state index is 11.2. The lowest BCUT2D eigenvalue weighted by molar-refractivity contribution is 0.0697. The second-order valence-corrected chi connectivity index (χ2v) is 5.23. The van der Waals surface area contributed by atoms with Crippen molar-refractivity contribution in [1.29, 1.82) is 0 Å². The molecule has 7 heteroatoms. The molecule has 1 aliphatic rings. The Kier molecular flexibility index (Phi) is 4.61. The lowest BCUT2D eigenvalue weighted by atomic mass is 10.2. The molecule has 0 saturated carbocycles. The van der Waals surface area contributed by atoms with Crippen molar-refractivity contribution >= 4 is 11.8 Å². The highest BCUT2D eigenvalue weighted by atomic mass is 16.4. The summed E-state index contributed by atoms with van der Waals surface area (Å²) in [4.78, 5) is 15.9. The number of anilines is 1. The first kappa shape index (κ1) is 14.8.